The van der Waals surface area contributed by atoms with E-state index in [0.717, 1.165) is 38.9 Å². The maximum atomic E-state index is 12.3. The van der Waals surface area contributed by atoms with Crippen LogP contribution in [0.2, 0.25) is 0 Å². The lowest BCUT2D eigenvalue weighted by molar-refractivity contribution is -0.135. The summed E-state index contributed by atoms with van der Waals surface area (Å²) in [6.07, 6.45) is 8.44. The normalized spacial score (nSPS) is 26.4. The van der Waals surface area contributed by atoms with Crippen molar-refractivity contribution in [3.8, 4) is 0 Å². The second-order valence-electron chi connectivity index (χ2n) is 5.36. The number of rotatable bonds is 2. The fourth-order valence-corrected chi connectivity index (χ4v) is 3.01. The minimum Gasteiger partial charge on any atom is -0.342 e. The van der Waals surface area contributed by atoms with E-state index in [0.29, 0.717) is 17.7 Å². The van der Waals surface area contributed by atoms with Gasteiger partial charge in [0.05, 0.1) is 0 Å². The maximum absolute atomic E-state index is 12.3. The molecule has 0 aromatic heterocycles. The van der Waals surface area contributed by atoms with Crippen molar-refractivity contribution in [2.24, 2.45) is 17.6 Å². The molecule has 4 heteroatoms. The lowest BCUT2D eigenvalue weighted by Gasteiger charge is -2.22. The number of amides is 1. The van der Waals surface area contributed by atoms with Gasteiger partial charge in [-0.2, -0.15) is 0 Å². The summed E-state index contributed by atoms with van der Waals surface area (Å²) in [5.74, 6) is 1.28. The van der Waals surface area contributed by atoms with E-state index in [1.807, 2.05) is 0 Å². The minimum absolute atomic E-state index is 0. The number of hydrogen-bond acceptors (Lipinski definition) is 2. The zero-order valence-electron chi connectivity index (χ0n) is 10.6. The summed E-state index contributed by atoms with van der Waals surface area (Å²) in [5, 5.41) is 0. The quantitative estimate of drug-likeness (QED) is 0.774. The third-order valence-corrected chi connectivity index (χ3v) is 4.14. The molecular weight excluding hydrogens is 236 g/mol. The average molecular weight is 261 g/mol. The highest BCUT2D eigenvalue weighted by atomic mass is 35.5. The molecule has 1 saturated heterocycles. The Labute approximate surface area is 111 Å². The summed E-state index contributed by atoms with van der Waals surface area (Å²) in [7, 11) is 0. The van der Waals surface area contributed by atoms with Crippen LogP contribution in [0.1, 0.15) is 44.9 Å². The van der Waals surface area contributed by atoms with Gasteiger partial charge in [-0.3, -0.25) is 4.79 Å². The van der Waals surface area contributed by atoms with Crippen LogP contribution in [-0.4, -0.2) is 30.4 Å². The predicted octanol–water partition coefficient (Wildman–Crippen LogP) is 2.19. The predicted molar refractivity (Wildman–Crippen MR) is 72.2 cm³/mol. The molecule has 2 aliphatic rings. The van der Waals surface area contributed by atoms with Crippen LogP contribution in [0, 0.1) is 11.8 Å². The number of nitrogens with two attached hydrogens (primary N) is 1. The van der Waals surface area contributed by atoms with E-state index in [1.165, 1.54) is 25.7 Å². The van der Waals surface area contributed by atoms with Crippen molar-refractivity contribution in [1.29, 1.82) is 0 Å². The summed E-state index contributed by atoms with van der Waals surface area (Å²) in [5.41, 5.74) is 5.66. The Balaban J connectivity index is 0.00000144. The molecule has 1 saturated carbocycles. The average Bonchev–Trinajstić information content (AvgIpc) is 2.62. The molecule has 0 spiro atoms. The van der Waals surface area contributed by atoms with Crippen molar-refractivity contribution in [3.63, 3.8) is 0 Å². The number of carbonyl (C=O) groups excluding carboxylic acids is 1. The molecule has 0 radical (unpaired) electrons. The molecule has 3 nitrogen and oxygen atoms in total. The van der Waals surface area contributed by atoms with Gasteiger partial charge in [0.1, 0.15) is 0 Å². The Morgan fingerprint density at radius 1 is 1.12 bits per heavy atom. The van der Waals surface area contributed by atoms with Gasteiger partial charge in [0.25, 0.3) is 0 Å². The molecule has 0 aromatic carbocycles. The summed E-state index contributed by atoms with van der Waals surface area (Å²) < 4.78 is 0. The molecule has 1 unspecified atom stereocenters. The van der Waals surface area contributed by atoms with Gasteiger partial charge in [-0.05, 0) is 31.7 Å². The van der Waals surface area contributed by atoms with E-state index in [2.05, 4.69) is 4.90 Å². The Hall–Kier alpha value is -0.280. The van der Waals surface area contributed by atoms with Crippen LogP contribution in [-0.2, 0) is 4.79 Å². The molecule has 1 amide bonds. The lowest BCUT2D eigenvalue weighted by Crippen LogP contribution is -2.35. The van der Waals surface area contributed by atoms with Crippen LogP contribution in [0.4, 0.5) is 0 Å². The molecule has 2 N–H and O–H groups in total. The number of likely N-dealkylation sites (tertiary alicyclic amines) is 1. The first-order chi connectivity index (χ1) is 7.81. The highest BCUT2D eigenvalue weighted by molar-refractivity contribution is 5.85. The van der Waals surface area contributed by atoms with Gasteiger partial charge >= 0.3 is 0 Å². The van der Waals surface area contributed by atoms with Crippen molar-refractivity contribution in [2.75, 3.05) is 19.6 Å². The molecule has 0 bridgehead atoms. The number of nitrogens with zero attached hydrogens (tertiary/aromatic N) is 1. The molecular formula is C13H25ClN2O. The van der Waals surface area contributed by atoms with Crippen LogP contribution in [0.25, 0.3) is 0 Å². The summed E-state index contributed by atoms with van der Waals surface area (Å²) >= 11 is 0. The van der Waals surface area contributed by atoms with E-state index >= 15 is 0 Å². The fourth-order valence-electron chi connectivity index (χ4n) is 3.01. The summed E-state index contributed by atoms with van der Waals surface area (Å²) in [6, 6.07) is 0. The van der Waals surface area contributed by atoms with Crippen molar-refractivity contribution in [3.05, 3.63) is 0 Å². The van der Waals surface area contributed by atoms with Gasteiger partial charge < -0.3 is 10.6 Å². The lowest BCUT2D eigenvalue weighted by atomic mass is 9.99. The Kier molecular flexibility index (Phi) is 6.28. The highest BCUT2D eigenvalue weighted by Crippen LogP contribution is 2.26. The largest absolute Gasteiger partial charge is 0.342 e. The maximum Gasteiger partial charge on any atom is 0.225 e. The van der Waals surface area contributed by atoms with Crippen LogP contribution >= 0.6 is 12.4 Å². The number of carbonyl (C=O) groups is 1. The molecule has 1 aliphatic carbocycles. The standard InChI is InChI=1S/C13H24N2O.ClH/c14-9-11-7-8-15(10-11)13(16)12-5-3-1-2-4-6-12;/h11-12H,1-10,14H2;1H. The molecule has 2 fully saturated rings. The third kappa shape index (κ3) is 3.85. The van der Waals surface area contributed by atoms with Crippen LogP contribution in [0.15, 0.2) is 0 Å². The second kappa shape index (κ2) is 7.22. The molecule has 0 aromatic rings. The SMILES string of the molecule is Cl.NCC1CCN(C(=O)C2CCCCCC2)C1. The molecule has 1 aliphatic heterocycles. The molecule has 2 rings (SSSR count). The van der Waals surface area contributed by atoms with Crippen molar-refractivity contribution < 1.29 is 4.79 Å². The van der Waals surface area contributed by atoms with Gasteiger partial charge in [0.2, 0.25) is 5.91 Å². The van der Waals surface area contributed by atoms with Crippen molar-refractivity contribution in [1.82, 2.24) is 4.90 Å². The number of hydrogen-bond donors (Lipinski definition) is 1. The first kappa shape index (κ1) is 14.8. The van der Waals surface area contributed by atoms with Crippen LogP contribution in [0.3, 0.4) is 0 Å². The van der Waals surface area contributed by atoms with Gasteiger partial charge in [-0.25, -0.2) is 0 Å². The molecule has 17 heavy (non-hydrogen) atoms. The van der Waals surface area contributed by atoms with Gasteiger partial charge in [0, 0.05) is 19.0 Å². The summed E-state index contributed by atoms with van der Waals surface area (Å²) in [6.45, 7) is 2.58. The minimum atomic E-state index is 0. The van der Waals surface area contributed by atoms with Crippen LogP contribution < -0.4 is 5.73 Å². The monoisotopic (exact) mass is 260 g/mol. The zero-order valence-corrected chi connectivity index (χ0v) is 11.4. The van der Waals surface area contributed by atoms with E-state index in [4.69, 9.17) is 5.73 Å². The first-order valence-corrected chi connectivity index (χ1v) is 6.80. The first-order valence-electron chi connectivity index (χ1n) is 6.80. The van der Waals surface area contributed by atoms with E-state index in [1.54, 1.807) is 0 Å². The topological polar surface area (TPSA) is 46.3 Å². The third-order valence-electron chi connectivity index (χ3n) is 4.14. The highest BCUT2D eigenvalue weighted by Gasteiger charge is 2.30. The van der Waals surface area contributed by atoms with E-state index in [-0.39, 0.29) is 12.4 Å². The Morgan fingerprint density at radius 2 is 1.76 bits per heavy atom. The van der Waals surface area contributed by atoms with Crippen molar-refractivity contribution >= 4 is 18.3 Å². The van der Waals surface area contributed by atoms with Gasteiger partial charge in [-0.1, -0.05) is 25.7 Å². The Bertz CT molecular complexity index is 240. The molecule has 1 atom stereocenters. The van der Waals surface area contributed by atoms with E-state index < -0.39 is 0 Å². The van der Waals surface area contributed by atoms with Crippen molar-refractivity contribution in [2.45, 2.75) is 44.9 Å². The Morgan fingerprint density at radius 3 is 2.29 bits per heavy atom. The van der Waals surface area contributed by atoms with Gasteiger partial charge in [0.15, 0.2) is 0 Å². The van der Waals surface area contributed by atoms with Gasteiger partial charge in [-0.15, -0.1) is 12.4 Å². The summed E-state index contributed by atoms with van der Waals surface area (Å²) in [4.78, 5) is 14.4. The zero-order chi connectivity index (χ0) is 11.4. The van der Waals surface area contributed by atoms with E-state index in [9.17, 15) is 4.79 Å². The van der Waals surface area contributed by atoms with Crippen LogP contribution in [0.5, 0.6) is 0 Å². The second-order valence-corrected chi connectivity index (χ2v) is 5.36. The molecule has 100 valence electrons. The number of halogens is 1. The fraction of sp³-hybridized carbons (Fsp3) is 0.923. The molecule has 1 heterocycles. The smallest absolute Gasteiger partial charge is 0.225 e.